The van der Waals surface area contributed by atoms with Gasteiger partial charge < -0.3 is 24.4 Å². The molecule has 1 saturated heterocycles. The maximum Gasteiger partial charge on any atom is 0.317 e. The number of hydrogen-bond donors (Lipinski definition) is 1. The zero-order valence-electron chi connectivity index (χ0n) is 12.1. The summed E-state index contributed by atoms with van der Waals surface area (Å²) in [5.74, 6) is 1.67. The number of fused-ring (bicyclic) bond motifs is 1. The lowest BCUT2D eigenvalue weighted by molar-refractivity contribution is 0.0518. The summed E-state index contributed by atoms with van der Waals surface area (Å²) in [6, 6.07) is 5.69. The second-order valence-corrected chi connectivity index (χ2v) is 5.23. The Kier molecular flexibility index (Phi) is 4.15. The van der Waals surface area contributed by atoms with Crippen LogP contribution in [0.1, 0.15) is 5.56 Å². The molecule has 1 fully saturated rings. The molecule has 2 aliphatic rings. The summed E-state index contributed by atoms with van der Waals surface area (Å²) in [6.45, 7) is 2.99. The normalized spacial score (nSPS) is 21.2. The van der Waals surface area contributed by atoms with Crippen LogP contribution in [-0.4, -0.2) is 57.0 Å². The highest BCUT2D eigenvalue weighted by molar-refractivity contribution is 5.74. The zero-order valence-corrected chi connectivity index (χ0v) is 12.1. The monoisotopic (exact) mass is 292 g/mol. The quantitative estimate of drug-likeness (QED) is 0.885. The number of methoxy groups -OCH3 is 1. The summed E-state index contributed by atoms with van der Waals surface area (Å²) in [5, 5.41) is 3.03. The molecule has 1 atom stereocenters. The Hall–Kier alpha value is -1.95. The third-order valence-electron chi connectivity index (χ3n) is 3.80. The number of morpholine rings is 1. The van der Waals surface area contributed by atoms with Gasteiger partial charge in [0, 0.05) is 13.1 Å². The van der Waals surface area contributed by atoms with Gasteiger partial charge in [-0.05, 0) is 30.2 Å². The second kappa shape index (κ2) is 6.22. The van der Waals surface area contributed by atoms with Crippen molar-refractivity contribution in [1.82, 2.24) is 10.2 Å². The van der Waals surface area contributed by atoms with E-state index in [1.54, 1.807) is 12.0 Å². The van der Waals surface area contributed by atoms with Gasteiger partial charge in [0.2, 0.25) is 0 Å². The highest BCUT2D eigenvalue weighted by Crippen LogP contribution is 2.28. The second-order valence-electron chi connectivity index (χ2n) is 5.23. The molecule has 2 aliphatic heterocycles. The fourth-order valence-electron chi connectivity index (χ4n) is 2.62. The van der Waals surface area contributed by atoms with E-state index < -0.39 is 0 Å². The van der Waals surface area contributed by atoms with Gasteiger partial charge in [0.05, 0.1) is 26.4 Å². The van der Waals surface area contributed by atoms with Crippen LogP contribution in [-0.2, 0) is 11.2 Å². The molecule has 3 rings (SSSR count). The van der Waals surface area contributed by atoms with Gasteiger partial charge in [0.1, 0.15) is 18.1 Å². The van der Waals surface area contributed by atoms with E-state index in [0.29, 0.717) is 32.9 Å². The van der Waals surface area contributed by atoms with Gasteiger partial charge in [-0.15, -0.1) is 0 Å². The maximum absolute atomic E-state index is 12.2. The minimum absolute atomic E-state index is 0.0139. The van der Waals surface area contributed by atoms with Gasteiger partial charge in [-0.1, -0.05) is 0 Å². The summed E-state index contributed by atoms with van der Waals surface area (Å²) in [7, 11) is 1.64. The van der Waals surface area contributed by atoms with Crippen molar-refractivity contribution in [2.45, 2.75) is 12.5 Å². The van der Waals surface area contributed by atoms with Crippen LogP contribution in [0.15, 0.2) is 18.2 Å². The molecule has 0 radical (unpaired) electrons. The van der Waals surface area contributed by atoms with Gasteiger partial charge in [0.15, 0.2) is 0 Å². The Labute approximate surface area is 124 Å². The van der Waals surface area contributed by atoms with Crippen LogP contribution in [0.5, 0.6) is 11.5 Å². The molecule has 1 unspecified atom stereocenters. The molecule has 1 aromatic rings. The molecular weight excluding hydrogens is 272 g/mol. The zero-order chi connectivity index (χ0) is 14.7. The number of carbonyl (C=O) groups excluding carboxylic acids is 1. The van der Waals surface area contributed by atoms with Crippen molar-refractivity contribution in [3.63, 3.8) is 0 Å². The number of hydrogen-bond acceptors (Lipinski definition) is 4. The standard InChI is InChI=1S/C15H20N2O4/c1-19-13-2-3-14-11(9-13)8-12(10-21-14)16-15(18)17-4-6-20-7-5-17/h2-3,9,12H,4-8,10H2,1H3,(H,16,18). The van der Waals surface area contributed by atoms with Gasteiger partial charge in [-0.3, -0.25) is 0 Å². The van der Waals surface area contributed by atoms with E-state index in [-0.39, 0.29) is 12.1 Å². The fraction of sp³-hybridized carbons (Fsp3) is 0.533. The Morgan fingerprint density at radius 1 is 1.38 bits per heavy atom. The molecule has 0 saturated carbocycles. The SMILES string of the molecule is COc1ccc2c(c1)CC(NC(=O)N1CCOCC1)CO2. The molecule has 6 heteroatoms. The molecule has 2 heterocycles. The van der Waals surface area contributed by atoms with E-state index in [1.807, 2.05) is 18.2 Å². The number of nitrogens with zero attached hydrogens (tertiary/aromatic N) is 1. The molecule has 0 aliphatic carbocycles. The number of amides is 2. The van der Waals surface area contributed by atoms with E-state index in [0.717, 1.165) is 23.5 Å². The van der Waals surface area contributed by atoms with Crippen molar-refractivity contribution in [3.8, 4) is 11.5 Å². The Morgan fingerprint density at radius 3 is 2.95 bits per heavy atom. The smallest absolute Gasteiger partial charge is 0.317 e. The summed E-state index contributed by atoms with van der Waals surface area (Å²) in [4.78, 5) is 14.0. The van der Waals surface area contributed by atoms with Crippen LogP contribution in [0.2, 0.25) is 0 Å². The van der Waals surface area contributed by atoms with Crippen molar-refractivity contribution in [1.29, 1.82) is 0 Å². The summed E-state index contributed by atoms with van der Waals surface area (Å²) in [6.07, 6.45) is 0.753. The fourth-order valence-corrected chi connectivity index (χ4v) is 2.62. The number of rotatable bonds is 2. The summed E-state index contributed by atoms with van der Waals surface area (Å²) in [5.41, 5.74) is 1.06. The van der Waals surface area contributed by atoms with Gasteiger partial charge in [-0.2, -0.15) is 0 Å². The molecule has 1 N–H and O–H groups in total. The lowest BCUT2D eigenvalue weighted by atomic mass is 10.0. The number of ether oxygens (including phenoxy) is 3. The number of benzene rings is 1. The molecule has 1 aromatic carbocycles. The molecule has 0 bridgehead atoms. The summed E-state index contributed by atoms with van der Waals surface area (Å²) >= 11 is 0. The Balaban J connectivity index is 1.61. The average molecular weight is 292 g/mol. The highest BCUT2D eigenvalue weighted by atomic mass is 16.5. The van der Waals surface area contributed by atoms with Crippen molar-refractivity contribution < 1.29 is 19.0 Å². The molecule has 0 spiro atoms. The van der Waals surface area contributed by atoms with Gasteiger partial charge in [-0.25, -0.2) is 4.79 Å². The predicted octanol–water partition coefficient (Wildman–Crippen LogP) is 1.04. The molecule has 21 heavy (non-hydrogen) atoms. The first-order valence-electron chi connectivity index (χ1n) is 7.19. The lowest BCUT2D eigenvalue weighted by Crippen LogP contribution is -2.51. The number of urea groups is 1. The van der Waals surface area contributed by atoms with Crippen LogP contribution in [0.25, 0.3) is 0 Å². The van der Waals surface area contributed by atoms with Crippen molar-refractivity contribution in [2.75, 3.05) is 40.0 Å². The third-order valence-corrected chi connectivity index (χ3v) is 3.80. The topological polar surface area (TPSA) is 60.0 Å². The first-order valence-corrected chi connectivity index (χ1v) is 7.19. The molecule has 6 nitrogen and oxygen atoms in total. The van der Waals surface area contributed by atoms with E-state index in [2.05, 4.69) is 5.32 Å². The molecular formula is C15H20N2O4. The Morgan fingerprint density at radius 2 is 2.19 bits per heavy atom. The first kappa shape index (κ1) is 14.0. The van der Waals surface area contributed by atoms with Crippen LogP contribution in [0.4, 0.5) is 4.79 Å². The van der Waals surface area contributed by atoms with Crippen LogP contribution < -0.4 is 14.8 Å². The largest absolute Gasteiger partial charge is 0.497 e. The first-order chi connectivity index (χ1) is 10.3. The van der Waals surface area contributed by atoms with Crippen molar-refractivity contribution >= 4 is 6.03 Å². The minimum atomic E-state index is -0.0433. The number of nitrogens with one attached hydrogen (secondary N) is 1. The lowest BCUT2D eigenvalue weighted by Gasteiger charge is -2.31. The van der Waals surface area contributed by atoms with Crippen molar-refractivity contribution in [3.05, 3.63) is 23.8 Å². The third kappa shape index (κ3) is 3.21. The van der Waals surface area contributed by atoms with Crippen molar-refractivity contribution in [2.24, 2.45) is 0 Å². The van der Waals surface area contributed by atoms with Crippen LogP contribution in [0, 0.1) is 0 Å². The molecule has 2 amide bonds. The number of carbonyl (C=O) groups is 1. The van der Waals surface area contributed by atoms with E-state index >= 15 is 0 Å². The maximum atomic E-state index is 12.2. The van der Waals surface area contributed by atoms with Gasteiger partial charge >= 0.3 is 6.03 Å². The molecule has 114 valence electrons. The molecule has 0 aromatic heterocycles. The van der Waals surface area contributed by atoms with E-state index in [9.17, 15) is 4.79 Å². The van der Waals surface area contributed by atoms with Crippen LogP contribution >= 0.6 is 0 Å². The van der Waals surface area contributed by atoms with Gasteiger partial charge in [0.25, 0.3) is 0 Å². The van der Waals surface area contributed by atoms with E-state index in [4.69, 9.17) is 14.2 Å². The average Bonchev–Trinajstić information content (AvgIpc) is 2.55. The summed E-state index contributed by atoms with van der Waals surface area (Å²) < 4.78 is 16.2. The highest BCUT2D eigenvalue weighted by Gasteiger charge is 2.24. The minimum Gasteiger partial charge on any atom is -0.497 e. The van der Waals surface area contributed by atoms with Crippen LogP contribution in [0.3, 0.4) is 0 Å². The van der Waals surface area contributed by atoms with E-state index in [1.165, 1.54) is 0 Å². The Bertz CT molecular complexity index is 514. The predicted molar refractivity (Wildman–Crippen MR) is 76.9 cm³/mol.